The number of rotatable bonds is 14. The average molecular weight is 476 g/mol. The summed E-state index contributed by atoms with van der Waals surface area (Å²) in [4.78, 5) is 18.9. The second-order valence-corrected chi connectivity index (χ2v) is 11.1. The first-order chi connectivity index (χ1) is 17.1. The van der Waals surface area contributed by atoms with Crippen LogP contribution in [-0.2, 0) is 0 Å². The molecule has 4 rings (SSSR count). The van der Waals surface area contributed by atoms with Gasteiger partial charge in [-0.3, -0.25) is 15.0 Å². The minimum Gasteiger partial charge on any atom is -0.385 e. The highest BCUT2D eigenvalue weighted by Crippen LogP contribution is 2.47. The van der Waals surface area contributed by atoms with Gasteiger partial charge < -0.3 is 5.32 Å². The second-order valence-electron chi connectivity index (χ2n) is 11.1. The number of anilines is 1. The minimum atomic E-state index is 0.249. The summed E-state index contributed by atoms with van der Waals surface area (Å²) in [6.45, 7) is 13.8. The molecule has 1 aliphatic heterocycles. The van der Waals surface area contributed by atoms with Crippen molar-refractivity contribution in [3.05, 3.63) is 29.8 Å². The van der Waals surface area contributed by atoms with Crippen LogP contribution in [-0.4, -0.2) is 50.2 Å². The fourth-order valence-corrected chi connectivity index (χ4v) is 5.82. The van der Waals surface area contributed by atoms with Crippen molar-refractivity contribution in [3.8, 4) is 0 Å². The summed E-state index contributed by atoms with van der Waals surface area (Å²) in [5.74, 6) is 3.12. The van der Waals surface area contributed by atoms with Crippen LogP contribution in [0.2, 0.25) is 0 Å². The molecule has 5 nitrogen and oxygen atoms in total. The predicted molar refractivity (Wildman–Crippen MR) is 152 cm³/mol. The molecule has 3 aliphatic rings. The molecule has 2 fully saturated rings. The van der Waals surface area contributed by atoms with Gasteiger partial charge in [0.25, 0.3) is 0 Å². The zero-order chi connectivity index (χ0) is 24.7. The zero-order valence-electron chi connectivity index (χ0n) is 22.2. The van der Waals surface area contributed by atoms with Gasteiger partial charge in [-0.15, -0.1) is 0 Å². The number of amidine groups is 1. The maximum atomic E-state index is 5.09. The third-order valence-electron chi connectivity index (χ3n) is 8.33. The van der Waals surface area contributed by atoms with E-state index < -0.39 is 0 Å². The SMILES string of the molecule is C=NCC(=NCCC1CC1)c1cccc(NCC2CCC(CCC)(C3=NC(C(C)CC)=NC3)C2)c1. The van der Waals surface area contributed by atoms with Crippen LogP contribution in [0.25, 0.3) is 0 Å². The van der Waals surface area contributed by atoms with Gasteiger partial charge >= 0.3 is 0 Å². The van der Waals surface area contributed by atoms with E-state index in [-0.39, 0.29) is 5.41 Å². The lowest BCUT2D eigenvalue weighted by atomic mass is 9.76. The molecular formula is C30H45N5. The third kappa shape index (κ3) is 6.68. The molecule has 0 spiro atoms. The highest BCUT2D eigenvalue weighted by atomic mass is 15.0. The Hall–Kier alpha value is -2.30. The van der Waals surface area contributed by atoms with Crippen LogP contribution in [0.15, 0.2) is 44.2 Å². The average Bonchev–Trinajstić information content (AvgIpc) is 3.38. The lowest BCUT2D eigenvalue weighted by Crippen LogP contribution is -2.30. The van der Waals surface area contributed by atoms with E-state index in [4.69, 9.17) is 15.0 Å². The van der Waals surface area contributed by atoms with Crippen molar-refractivity contribution in [2.24, 2.45) is 43.1 Å². The second kappa shape index (κ2) is 12.1. The maximum absolute atomic E-state index is 5.09. The van der Waals surface area contributed by atoms with Crippen LogP contribution in [0.1, 0.15) is 84.1 Å². The van der Waals surface area contributed by atoms with E-state index in [2.05, 4.69) is 62.1 Å². The monoisotopic (exact) mass is 475 g/mol. The molecule has 0 amide bonds. The van der Waals surface area contributed by atoms with Gasteiger partial charge in [-0.1, -0.05) is 52.2 Å². The van der Waals surface area contributed by atoms with Gasteiger partial charge in [-0.25, -0.2) is 4.99 Å². The zero-order valence-corrected chi connectivity index (χ0v) is 22.2. The van der Waals surface area contributed by atoms with Crippen LogP contribution >= 0.6 is 0 Å². The third-order valence-corrected chi connectivity index (χ3v) is 8.33. The minimum absolute atomic E-state index is 0.249. The molecule has 2 saturated carbocycles. The van der Waals surface area contributed by atoms with Crippen LogP contribution in [0.4, 0.5) is 5.69 Å². The Bertz CT molecular complexity index is 957. The van der Waals surface area contributed by atoms with Crippen molar-refractivity contribution in [3.63, 3.8) is 0 Å². The van der Waals surface area contributed by atoms with Gasteiger partial charge in [0.2, 0.25) is 0 Å². The number of benzene rings is 1. The molecule has 3 unspecified atom stereocenters. The smallest absolute Gasteiger partial charge is 0.126 e. The van der Waals surface area contributed by atoms with E-state index >= 15 is 0 Å². The van der Waals surface area contributed by atoms with Crippen LogP contribution < -0.4 is 5.32 Å². The molecular weight excluding hydrogens is 430 g/mol. The number of hydrogen-bond acceptors (Lipinski definition) is 5. The Balaban J connectivity index is 1.37. The quantitative estimate of drug-likeness (QED) is 0.293. The van der Waals surface area contributed by atoms with Crippen LogP contribution in [0.5, 0.6) is 0 Å². The summed E-state index contributed by atoms with van der Waals surface area (Å²) in [5, 5.41) is 3.75. The maximum Gasteiger partial charge on any atom is 0.126 e. The van der Waals surface area contributed by atoms with E-state index in [1.54, 1.807) is 0 Å². The Labute approximate surface area is 212 Å². The van der Waals surface area contributed by atoms with E-state index in [9.17, 15) is 0 Å². The fourth-order valence-electron chi connectivity index (χ4n) is 5.82. The molecule has 1 heterocycles. The number of hydrogen-bond donors (Lipinski definition) is 1. The lowest BCUT2D eigenvalue weighted by molar-refractivity contribution is 0.375. The van der Waals surface area contributed by atoms with Gasteiger partial charge in [-0.05, 0) is 74.8 Å². The lowest BCUT2D eigenvalue weighted by Gasteiger charge is -2.29. The molecule has 2 aliphatic carbocycles. The van der Waals surface area contributed by atoms with E-state index in [1.807, 2.05) is 0 Å². The first-order valence-electron chi connectivity index (χ1n) is 14.0. The Kier molecular flexibility index (Phi) is 8.91. The molecule has 0 saturated heterocycles. The predicted octanol–water partition coefficient (Wildman–Crippen LogP) is 6.87. The van der Waals surface area contributed by atoms with Crippen molar-refractivity contribution in [2.45, 2.75) is 78.6 Å². The van der Waals surface area contributed by atoms with Gasteiger partial charge in [-0.2, -0.15) is 0 Å². The molecule has 190 valence electrons. The van der Waals surface area contributed by atoms with Gasteiger partial charge in [0.1, 0.15) is 5.84 Å². The van der Waals surface area contributed by atoms with Crippen LogP contribution in [0.3, 0.4) is 0 Å². The topological polar surface area (TPSA) is 61.5 Å². The molecule has 3 atom stereocenters. The summed E-state index contributed by atoms with van der Waals surface area (Å²) in [5.41, 5.74) is 5.01. The Morgan fingerprint density at radius 1 is 1.23 bits per heavy atom. The highest BCUT2D eigenvalue weighted by Gasteiger charge is 2.43. The summed E-state index contributed by atoms with van der Waals surface area (Å²) < 4.78 is 0. The molecule has 35 heavy (non-hydrogen) atoms. The normalized spacial score (nSPS) is 25.3. The Morgan fingerprint density at radius 2 is 2.09 bits per heavy atom. The van der Waals surface area contributed by atoms with E-state index in [0.29, 0.717) is 18.4 Å². The molecule has 1 N–H and O–H groups in total. The molecule has 1 aromatic rings. The van der Waals surface area contributed by atoms with Crippen LogP contribution in [0, 0.1) is 23.2 Å². The molecule has 0 radical (unpaired) electrons. The molecule has 0 bridgehead atoms. The number of aliphatic imine (C=N–C) groups is 4. The van der Waals surface area contributed by atoms with Gasteiger partial charge in [0, 0.05) is 35.8 Å². The largest absolute Gasteiger partial charge is 0.385 e. The first kappa shape index (κ1) is 25.8. The number of nitrogens with one attached hydrogen (secondary N) is 1. The molecule has 1 aromatic carbocycles. The standard InChI is InChI=1S/C30H45N5/c1-5-14-30(28-21-34-29(35-28)22(3)6-2)15-12-24(18-30)19-33-26-9-7-8-25(17-26)27(20-31-4)32-16-13-23-10-11-23/h7-9,17,22-24,33H,4-6,10-16,18-21H2,1-3H3. The summed E-state index contributed by atoms with van der Waals surface area (Å²) in [7, 11) is 0. The molecule has 5 heteroatoms. The van der Waals surface area contributed by atoms with Crippen molar-refractivity contribution >= 4 is 29.7 Å². The van der Waals surface area contributed by atoms with E-state index in [1.165, 1.54) is 68.3 Å². The first-order valence-corrected chi connectivity index (χ1v) is 14.0. The summed E-state index contributed by atoms with van der Waals surface area (Å²) in [6.07, 6.45) is 11.2. The van der Waals surface area contributed by atoms with E-state index in [0.717, 1.165) is 43.5 Å². The fraction of sp³-hybridized carbons (Fsp3) is 0.667. The van der Waals surface area contributed by atoms with Crippen molar-refractivity contribution in [2.75, 3.05) is 31.5 Å². The Morgan fingerprint density at radius 3 is 2.83 bits per heavy atom. The van der Waals surface area contributed by atoms with Crippen molar-refractivity contribution in [1.29, 1.82) is 0 Å². The summed E-state index contributed by atoms with van der Waals surface area (Å²) >= 11 is 0. The van der Waals surface area contributed by atoms with Gasteiger partial charge in [0.05, 0.1) is 18.8 Å². The molecule has 0 aromatic heterocycles. The highest BCUT2D eigenvalue weighted by molar-refractivity contribution is 6.07. The van der Waals surface area contributed by atoms with Crippen molar-refractivity contribution in [1.82, 2.24) is 0 Å². The summed E-state index contributed by atoms with van der Waals surface area (Å²) in [6, 6.07) is 8.70. The number of nitrogens with zero attached hydrogens (tertiary/aromatic N) is 4. The van der Waals surface area contributed by atoms with Gasteiger partial charge in [0.15, 0.2) is 0 Å². The van der Waals surface area contributed by atoms with Crippen molar-refractivity contribution < 1.29 is 0 Å².